The fourth-order valence-electron chi connectivity index (χ4n) is 4.32. The fraction of sp³-hybridized carbons (Fsp3) is 0.355. The van der Waals surface area contributed by atoms with Crippen molar-refractivity contribution in [2.75, 3.05) is 23.7 Å². The van der Waals surface area contributed by atoms with E-state index in [2.05, 4.69) is 5.32 Å². The smallest absolute Gasteiger partial charge is 0.244 e. The molecule has 0 aliphatic heterocycles. The molecule has 0 radical (unpaired) electrons. The molecule has 3 rings (SSSR count). The second-order valence-corrected chi connectivity index (χ2v) is 12.2. The van der Waals surface area contributed by atoms with Crippen LogP contribution in [0.3, 0.4) is 0 Å². The lowest BCUT2D eigenvalue weighted by Gasteiger charge is -2.34. The van der Waals surface area contributed by atoms with E-state index in [-0.39, 0.29) is 24.9 Å². The van der Waals surface area contributed by atoms with Gasteiger partial charge in [0.1, 0.15) is 18.3 Å². The van der Waals surface area contributed by atoms with Crippen LogP contribution in [-0.2, 0) is 32.6 Å². The number of ether oxygens (including phenoxy) is 1. The summed E-state index contributed by atoms with van der Waals surface area (Å²) >= 11 is 6.25. The van der Waals surface area contributed by atoms with Crippen molar-refractivity contribution in [3.05, 3.63) is 95.0 Å². The SMILES string of the molecule is CCOc1ccc(N(CC(=O)N(Cc2cccc(Cl)c2)[C@@H](Cc2ccccc2)C(=O)N[C@@H](C)CC)S(C)(=O)=O)cc1. The lowest BCUT2D eigenvalue weighted by atomic mass is 10.0. The molecule has 0 saturated carbocycles. The summed E-state index contributed by atoms with van der Waals surface area (Å²) in [5, 5.41) is 3.50. The molecule has 0 saturated heterocycles. The Labute approximate surface area is 248 Å². The zero-order valence-corrected chi connectivity index (χ0v) is 25.5. The van der Waals surface area contributed by atoms with E-state index >= 15 is 0 Å². The summed E-state index contributed by atoms with van der Waals surface area (Å²) in [5.41, 5.74) is 1.90. The molecule has 3 aromatic carbocycles. The molecule has 3 aromatic rings. The molecule has 0 aliphatic carbocycles. The number of carbonyl (C=O) groups excluding carboxylic acids is 2. The van der Waals surface area contributed by atoms with E-state index in [1.807, 2.05) is 57.2 Å². The van der Waals surface area contributed by atoms with Crippen molar-refractivity contribution in [1.82, 2.24) is 10.2 Å². The van der Waals surface area contributed by atoms with Gasteiger partial charge in [0.2, 0.25) is 21.8 Å². The number of amides is 2. The first-order chi connectivity index (χ1) is 19.5. The third-order valence-electron chi connectivity index (χ3n) is 6.63. The van der Waals surface area contributed by atoms with E-state index in [9.17, 15) is 18.0 Å². The first kappa shape index (κ1) is 32.0. The molecule has 0 aromatic heterocycles. The Morgan fingerprint density at radius 1 is 0.951 bits per heavy atom. The third kappa shape index (κ3) is 9.50. The molecule has 220 valence electrons. The summed E-state index contributed by atoms with van der Waals surface area (Å²) < 4.78 is 32.3. The van der Waals surface area contributed by atoms with Gasteiger partial charge in [0.25, 0.3) is 0 Å². The molecule has 0 heterocycles. The van der Waals surface area contributed by atoms with Crippen LogP contribution in [0.4, 0.5) is 5.69 Å². The van der Waals surface area contributed by atoms with Crippen LogP contribution in [0.5, 0.6) is 5.75 Å². The van der Waals surface area contributed by atoms with Gasteiger partial charge in [-0.3, -0.25) is 13.9 Å². The van der Waals surface area contributed by atoms with Crippen LogP contribution in [0.2, 0.25) is 5.02 Å². The van der Waals surface area contributed by atoms with Gasteiger partial charge in [-0.2, -0.15) is 0 Å². The molecule has 0 spiro atoms. The molecule has 41 heavy (non-hydrogen) atoms. The van der Waals surface area contributed by atoms with Crippen LogP contribution in [0, 0.1) is 0 Å². The van der Waals surface area contributed by atoms with Gasteiger partial charge in [0, 0.05) is 24.0 Å². The monoisotopic (exact) mass is 599 g/mol. The zero-order chi connectivity index (χ0) is 30.0. The van der Waals surface area contributed by atoms with Gasteiger partial charge in [-0.1, -0.05) is 61.0 Å². The van der Waals surface area contributed by atoms with Crippen molar-refractivity contribution in [2.24, 2.45) is 0 Å². The third-order valence-corrected chi connectivity index (χ3v) is 8.00. The van der Waals surface area contributed by atoms with Crippen molar-refractivity contribution >= 4 is 39.1 Å². The number of rotatable bonds is 14. The number of benzene rings is 3. The van der Waals surface area contributed by atoms with E-state index < -0.39 is 28.5 Å². The highest BCUT2D eigenvalue weighted by molar-refractivity contribution is 7.92. The molecule has 2 amide bonds. The Morgan fingerprint density at radius 3 is 2.20 bits per heavy atom. The van der Waals surface area contributed by atoms with Crippen LogP contribution < -0.4 is 14.4 Å². The molecule has 1 N–H and O–H groups in total. The van der Waals surface area contributed by atoms with E-state index in [1.165, 1.54) is 4.90 Å². The van der Waals surface area contributed by atoms with Gasteiger partial charge in [0.05, 0.1) is 18.6 Å². The van der Waals surface area contributed by atoms with Gasteiger partial charge in [-0.25, -0.2) is 8.42 Å². The molecular formula is C31H38ClN3O5S. The first-order valence-corrected chi connectivity index (χ1v) is 15.8. The minimum Gasteiger partial charge on any atom is -0.494 e. The molecule has 0 unspecified atom stereocenters. The largest absolute Gasteiger partial charge is 0.494 e. The standard InChI is InChI=1S/C31H38ClN3O5S/c1-5-23(3)33-31(37)29(20-24-11-8-7-9-12-24)34(21-25-13-10-14-26(32)19-25)30(36)22-35(41(4,38)39)27-15-17-28(18-16-27)40-6-2/h7-19,23,29H,5-6,20-22H2,1-4H3,(H,33,37)/t23-,29-/m0/s1. The number of nitrogens with zero attached hydrogens (tertiary/aromatic N) is 2. The molecule has 0 aliphatic rings. The molecule has 8 nitrogen and oxygen atoms in total. The van der Waals surface area contributed by atoms with Crippen LogP contribution >= 0.6 is 11.6 Å². The minimum absolute atomic E-state index is 0.0612. The van der Waals surface area contributed by atoms with Gasteiger partial charge in [-0.15, -0.1) is 0 Å². The Bertz CT molecular complexity index is 1400. The van der Waals surface area contributed by atoms with Crippen LogP contribution in [0.15, 0.2) is 78.9 Å². The summed E-state index contributed by atoms with van der Waals surface area (Å²) in [4.78, 5) is 29.2. The van der Waals surface area contributed by atoms with E-state index in [1.54, 1.807) is 42.5 Å². The summed E-state index contributed by atoms with van der Waals surface area (Å²) in [7, 11) is -3.86. The van der Waals surface area contributed by atoms with Crippen LogP contribution in [0.1, 0.15) is 38.3 Å². The number of hydrogen-bond acceptors (Lipinski definition) is 5. The number of sulfonamides is 1. The van der Waals surface area contributed by atoms with Crippen LogP contribution in [0.25, 0.3) is 0 Å². The highest BCUT2D eigenvalue weighted by Crippen LogP contribution is 2.23. The Balaban J connectivity index is 2.04. The Kier molecular flexibility index (Phi) is 11.6. The predicted molar refractivity (Wildman–Crippen MR) is 164 cm³/mol. The highest BCUT2D eigenvalue weighted by Gasteiger charge is 2.33. The lowest BCUT2D eigenvalue weighted by Crippen LogP contribution is -2.54. The molecule has 0 bridgehead atoms. The van der Waals surface area contributed by atoms with Crippen molar-refractivity contribution in [2.45, 2.75) is 52.2 Å². The predicted octanol–water partition coefficient (Wildman–Crippen LogP) is 5.06. The van der Waals surface area contributed by atoms with E-state index in [0.29, 0.717) is 35.1 Å². The topological polar surface area (TPSA) is 96.0 Å². The van der Waals surface area contributed by atoms with Gasteiger partial charge in [-0.05, 0) is 67.8 Å². The van der Waals surface area contributed by atoms with E-state index in [4.69, 9.17) is 16.3 Å². The fourth-order valence-corrected chi connectivity index (χ4v) is 5.38. The van der Waals surface area contributed by atoms with Crippen molar-refractivity contribution < 1.29 is 22.7 Å². The molecule has 2 atom stereocenters. The number of halogens is 1. The quantitative estimate of drug-likeness (QED) is 0.279. The summed E-state index contributed by atoms with van der Waals surface area (Å²) in [6.07, 6.45) is 2.01. The average molecular weight is 600 g/mol. The second kappa shape index (κ2) is 14.9. The number of nitrogens with one attached hydrogen (secondary N) is 1. The molecule has 0 fully saturated rings. The second-order valence-electron chi connectivity index (χ2n) is 9.87. The van der Waals surface area contributed by atoms with E-state index in [0.717, 1.165) is 16.1 Å². The maximum Gasteiger partial charge on any atom is 0.244 e. The minimum atomic E-state index is -3.86. The van der Waals surface area contributed by atoms with Crippen molar-refractivity contribution in [3.63, 3.8) is 0 Å². The maximum atomic E-state index is 14.1. The van der Waals surface area contributed by atoms with Crippen molar-refractivity contribution in [1.29, 1.82) is 0 Å². The van der Waals surface area contributed by atoms with Gasteiger partial charge < -0.3 is 15.0 Å². The van der Waals surface area contributed by atoms with Crippen LogP contribution in [-0.4, -0.2) is 56.6 Å². The lowest BCUT2D eigenvalue weighted by molar-refractivity contribution is -0.140. The van der Waals surface area contributed by atoms with Gasteiger partial charge >= 0.3 is 0 Å². The Hall–Kier alpha value is -3.56. The number of carbonyl (C=O) groups is 2. The first-order valence-electron chi connectivity index (χ1n) is 13.6. The highest BCUT2D eigenvalue weighted by atomic mass is 35.5. The number of hydrogen-bond donors (Lipinski definition) is 1. The maximum absolute atomic E-state index is 14.1. The Morgan fingerprint density at radius 2 is 1.61 bits per heavy atom. The molecular weight excluding hydrogens is 562 g/mol. The summed E-state index contributed by atoms with van der Waals surface area (Å²) in [5.74, 6) is -0.252. The van der Waals surface area contributed by atoms with Gasteiger partial charge in [0.15, 0.2) is 0 Å². The normalized spacial score (nSPS) is 12.7. The summed E-state index contributed by atoms with van der Waals surface area (Å²) in [6, 6.07) is 22.0. The summed E-state index contributed by atoms with van der Waals surface area (Å²) in [6.45, 7) is 5.76. The number of anilines is 1. The van der Waals surface area contributed by atoms with Crippen molar-refractivity contribution in [3.8, 4) is 5.75 Å². The zero-order valence-electron chi connectivity index (χ0n) is 23.9. The molecule has 10 heteroatoms. The average Bonchev–Trinajstić information content (AvgIpc) is 2.94.